The molecular formula is C36H67NO8. The van der Waals surface area contributed by atoms with Gasteiger partial charge in [-0.2, -0.15) is 0 Å². The number of aliphatic hydroxyl groups is 5. The molecule has 1 aliphatic heterocycles. The Kier molecular flexibility index (Phi) is 25.7. The van der Waals surface area contributed by atoms with Crippen LogP contribution in [0.25, 0.3) is 0 Å². The molecule has 264 valence electrons. The van der Waals surface area contributed by atoms with Gasteiger partial charge in [-0.3, -0.25) is 4.79 Å². The minimum absolute atomic E-state index is 0.144. The van der Waals surface area contributed by atoms with Crippen molar-refractivity contribution in [2.75, 3.05) is 13.2 Å². The van der Waals surface area contributed by atoms with Crippen molar-refractivity contribution in [3.63, 3.8) is 0 Å². The lowest BCUT2D eigenvalue weighted by Gasteiger charge is -2.40. The fourth-order valence-electron chi connectivity index (χ4n) is 5.55. The number of aliphatic hydroxyl groups excluding tert-OH is 5. The molecule has 7 unspecified atom stereocenters. The highest BCUT2D eigenvalue weighted by atomic mass is 16.7. The summed E-state index contributed by atoms with van der Waals surface area (Å²) >= 11 is 0. The molecule has 9 heteroatoms. The van der Waals surface area contributed by atoms with E-state index in [0.717, 1.165) is 70.6 Å². The Morgan fingerprint density at radius 3 is 2.00 bits per heavy atom. The summed E-state index contributed by atoms with van der Waals surface area (Å²) in [7, 11) is 0. The van der Waals surface area contributed by atoms with Gasteiger partial charge in [0.15, 0.2) is 6.29 Å². The maximum Gasteiger partial charge on any atom is 0.220 e. The molecule has 0 saturated carbocycles. The molecule has 1 saturated heterocycles. The van der Waals surface area contributed by atoms with E-state index < -0.39 is 49.5 Å². The minimum Gasteiger partial charge on any atom is -0.394 e. The predicted molar refractivity (Wildman–Crippen MR) is 180 cm³/mol. The van der Waals surface area contributed by atoms with E-state index in [1.807, 2.05) is 0 Å². The first kappa shape index (κ1) is 41.7. The molecule has 0 aromatic carbocycles. The summed E-state index contributed by atoms with van der Waals surface area (Å²) in [5.41, 5.74) is 0. The van der Waals surface area contributed by atoms with Crippen molar-refractivity contribution in [3.05, 3.63) is 24.3 Å². The summed E-state index contributed by atoms with van der Waals surface area (Å²) in [6.07, 6.45) is 21.9. The molecule has 1 fully saturated rings. The first-order valence-corrected chi connectivity index (χ1v) is 18.0. The van der Waals surface area contributed by atoms with Crippen LogP contribution < -0.4 is 5.32 Å². The molecule has 0 radical (unpaired) electrons. The monoisotopic (exact) mass is 641 g/mol. The van der Waals surface area contributed by atoms with Crippen LogP contribution in [0.1, 0.15) is 142 Å². The topological polar surface area (TPSA) is 149 Å². The Bertz CT molecular complexity index is 761. The number of carbonyl (C=O) groups is 1. The first-order valence-electron chi connectivity index (χ1n) is 18.0. The van der Waals surface area contributed by atoms with E-state index in [1.54, 1.807) is 0 Å². The number of nitrogens with one attached hydrogen (secondary N) is 1. The average Bonchev–Trinajstić information content (AvgIpc) is 3.04. The molecule has 1 amide bonds. The number of amides is 1. The third kappa shape index (κ3) is 19.8. The first-order chi connectivity index (χ1) is 21.8. The van der Waals surface area contributed by atoms with Crippen LogP contribution >= 0.6 is 0 Å². The highest BCUT2D eigenvalue weighted by molar-refractivity contribution is 5.76. The Morgan fingerprint density at radius 2 is 1.36 bits per heavy atom. The molecule has 0 aromatic heterocycles. The van der Waals surface area contributed by atoms with Crippen molar-refractivity contribution in [3.8, 4) is 0 Å². The predicted octanol–water partition coefficient (Wildman–Crippen LogP) is 5.60. The number of hydrogen-bond acceptors (Lipinski definition) is 8. The molecule has 6 N–H and O–H groups in total. The Balaban J connectivity index is 2.46. The van der Waals surface area contributed by atoms with E-state index in [4.69, 9.17) is 9.47 Å². The maximum atomic E-state index is 12.8. The Labute approximate surface area is 273 Å². The number of hydrogen-bond donors (Lipinski definition) is 6. The summed E-state index contributed by atoms with van der Waals surface area (Å²) in [6.45, 7) is 3.70. The zero-order valence-electron chi connectivity index (χ0n) is 28.4. The zero-order chi connectivity index (χ0) is 33.1. The van der Waals surface area contributed by atoms with E-state index in [0.29, 0.717) is 12.8 Å². The zero-order valence-corrected chi connectivity index (χ0v) is 28.4. The SMILES string of the molecule is CCC/C=C\C/C=C\CCCCCCCC(=O)NC(COC1OC(CO)C(O)C(O)C1O)C(O)CCCCCCCCCCC. The van der Waals surface area contributed by atoms with Crippen molar-refractivity contribution in [2.45, 2.75) is 185 Å². The molecule has 0 aromatic rings. The lowest BCUT2D eigenvalue weighted by atomic mass is 9.99. The molecule has 45 heavy (non-hydrogen) atoms. The third-order valence-corrected chi connectivity index (χ3v) is 8.54. The van der Waals surface area contributed by atoms with Gasteiger partial charge >= 0.3 is 0 Å². The minimum atomic E-state index is -1.55. The van der Waals surface area contributed by atoms with Crippen LogP contribution in [-0.4, -0.2) is 87.5 Å². The molecule has 0 aliphatic carbocycles. The Morgan fingerprint density at radius 1 is 0.756 bits per heavy atom. The largest absolute Gasteiger partial charge is 0.394 e. The molecule has 9 nitrogen and oxygen atoms in total. The van der Waals surface area contributed by atoms with Crippen LogP contribution in [0.5, 0.6) is 0 Å². The van der Waals surface area contributed by atoms with Crippen molar-refractivity contribution in [1.29, 1.82) is 0 Å². The molecule has 0 spiro atoms. The fourth-order valence-corrected chi connectivity index (χ4v) is 5.55. The van der Waals surface area contributed by atoms with E-state index in [-0.39, 0.29) is 12.5 Å². The van der Waals surface area contributed by atoms with Crippen LogP contribution in [0.3, 0.4) is 0 Å². The molecule has 1 aliphatic rings. The van der Waals surface area contributed by atoms with Gasteiger partial charge in [0.05, 0.1) is 25.4 Å². The van der Waals surface area contributed by atoms with Crippen LogP contribution in [0.2, 0.25) is 0 Å². The van der Waals surface area contributed by atoms with E-state index >= 15 is 0 Å². The van der Waals surface area contributed by atoms with Gasteiger partial charge in [-0.25, -0.2) is 0 Å². The molecule has 0 bridgehead atoms. The number of carbonyl (C=O) groups excluding carboxylic acids is 1. The van der Waals surface area contributed by atoms with Crippen LogP contribution in [0.15, 0.2) is 24.3 Å². The second-order valence-corrected chi connectivity index (χ2v) is 12.7. The van der Waals surface area contributed by atoms with Gasteiger partial charge < -0.3 is 40.3 Å². The average molecular weight is 642 g/mol. The molecule has 1 heterocycles. The number of ether oxygens (including phenoxy) is 2. The quantitative estimate of drug-likeness (QED) is 0.0478. The second-order valence-electron chi connectivity index (χ2n) is 12.7. The van der Waals surface area contributed by atoms with Crippen LogP contribution in [0.4, 0.5) is 0 Å². The van der Waals surface area contributed by atoms with Crippen molar-refractivity contribution < 1.29 is 39.8 Å². The molecule has 7 atom stereocenters. The highest BCUT2D eigenvalue weighted by Crippen LogP contribution is 2.23. The summed E-state index contributed by atoms with van der Waals surface area (Å²) < 4.78 is 11.2. The van der Waals surface area contributed by atoms with Gasteiger partial charge in [-0.05, 0) is 38.5 Å². The highest BCUT2D eigenvalue weighted by Gasteiger charge is 2.44. The molecule has 1 rings (SSSR count). The summed E-state index contributed by atoms with van der Waals surface area (Å²) in [5, 5.41) is 53.8. The van der Waals surface area contributed by atoms with E-state index in [9.17, 15) is 30.3 Å². The Hall–Kier alpha value is -1.33. The van der Waals surface area contributed by atoms with Gasteiger partial charge in [0.25, 0.3) is 0 Å². The summed E-state index contributed by atoms with van der Waals surface area (Å²) in [5.74, 6) is -0.164. The lowest BCUT2D eigenvalue weighted by molar-refractivity contribution is -0.302. The number of allylic oxidation sites excluding steroid dienone is 4. The molecular weight excluding hydrogens is 574 g/mol. The second kappa shape index (κ2) is 27.8. The van der Waals surface area contributed by atoms with Gasteiger partial charge in [0.2, 0.25) is 5.91 Å². The van der Waals surface area contributed by atoms with Crippen LogP contribution in [-0.2, 0) is 14.3 Å². The van der Waals surface area contributed by atoms with Gasteiger partial charge in [0, 0.05) is 6.42 Å². The lowest BCUT2D eigenvalue weighted by Crippen LogP contribution is -2.60. The standard InChI is InChI=1S/C36H67NO8/c1-3-5-7-9-11-13-14-15-16-18-20-22-24-26-32(40)37-29(30(39)25-23-21-19-17-12-10-8-6-4-2)28-44-36-35(43)34(42)33(41)31(27-38)45-36/h7,9,13-14,29-31,33-36,38-39,41-43H,3-6,8,10-12,15-28H2,1-2H3,(H,37,40)/b9-7-,14-13-. The van der Waals surface area contributed by atoms with E-state index in [2.05, 4.69) is 43.5 Å². The van der Waals surface area contributed by atoms with Gasteiger partial charge in [0.1, 0.15) is 24.4 Å². The fraction of sp³-hybridized carbons (Fsp3) is 0.861. The number of rotatable bonds is 28. The van der Waals surface area contributed by atoms with Crippen molar-refractivity contribution in [2.24, 2.45) is 0 Å². The van der Waals surface area contributed by atoms with E-state index in [1.165, 1.54) is 44.9 Å². The van der Waals surface area contributed by atoms with Gasteiger partial charge in [-0.1, -0.05) is 122 Å². The maximum absolute atomic E-state index is 12.8. The third-order valence-electron chi connectivity index (χ3n) is 8.54. The summed E-state index contributed by atoms with van der Waals surface area (Å²) in [6, 6.07) is -0.720. The van der Waals surface area contributed by atoms with Crippen LogP contribution in [0, 0.1) is 0 Å². The summed E-state index contributed by atoms with van der Waals surface area (Å²) in [4.78, 5) is 12.8. The van der Waals surface area contributed by atoms with Crippen molar-refractivity contribution >= 4 is 5.91 Å². The normalized spacial score (nSPS) is 23.6. The van der Waals surface area contributed by atoms with Gasteiger partial charge in [-0.15, -0.1) is 0 Å². The number of unbranched alkanes of at least 4 members (excludes halogenated alkanes) is 14. The van der Waals surface area contributed by atoms with Crippen molar-refractivity contribution in [1.82, 2.24) is 5.32 Å². The smallest absolute Gasteiger partial charge is 0.220 e.